The van der Waals surface area contributed by atoms with Gasteiger partial charge in [0.1, 0.15) is 5.25 Å². The van der Waals surface area contributed by atoms with Gasteiger partial charge in [-0.15, -0.1) is 0 Å². The molecule has 1 N–H and O–H groups in total. The number of benzene rings is 1. The molecule has 0 bridgehead atoms. The summed E-state index contributed by atoms with van der Waals surface area (Å²) in [5.41, 5.74) is 0.682. The molecule has 0 radical (unpaired) electrons. The maximum absolute atomic E-state index is 11.7. The first-order chi connectivity index (χ1) is 10.9. The molecule has 134 valence electrons. The van der Waals surface area contributed by atoms with Gasteiger partial charge in [0, 0.05) is 0 Å². The van der Waals surface area contributed by atoms with E-state index < -0.39 is 15.4 Å². The Morgan fingerprint density at radius 1 is 0.958 bits per heavy atom. The van der Waals surface area contributed by atoms with Gasteiger partial charge < -0.3 is 0 Å². The van der Waals surface area contributed by atoms with Crippen LogP contribution in [0.3, 0.4) is 0 Å². The van der Waals surface area contributed by atoms with Gasteiger partial charge in [0.05, 0.1) is 0 Å². The minimum absolute atomic E-state index is 0. The summed E-state index contributed by atoms with van der Waals surface area (Å²) in [7, 11) is -4.06. The van der Waals surface area contributed by atoms with Gasteiger partial charge >= 0.3 is 29.6 Å². The summed E-state index contributed by atoms with van der Waals surface area (Å²) in [5.74, 6) is 0.290. The first-order valence-electron chi connectivity index (χ1n) is 8.96. The van der Waals surface area contributed by atoms with Gasteiger partial charge in [0.15, 0.2) is 0 Å². The van der Waals surface area contributed by atoms with Gasteiger partial charge in [-0.1, -0.05) is 95.5 Å². The summed E-state index contributed by atoms with van der Waals surface area (Å²) in [5, 5.41) is -0.803. The predicted octanol–water partition coefficient (Wildman–Crippen LogP) is 5.13. The van der Waals surface area contributed by atoms with Crippen LogP contribution in [-0.2, 0) is 10.1 Å². The fourth-order valence-electron chi connectivity index (χ4n) is 3.03. The molecule has 0 fully saturated rings. The zero-order chi connectivity index (χ0) is 17.1. The van der Waals surface area contributed by atoms with Gasteiger partial charge in [0.25, 0.3) is 10.1 Å². The van der Waals surface area contributed by atoms with Crippen molar-refractivity contribution in [2.24, 2.45) is 5.92 Å². The summed E-state index contributed by atoms with van der Waals surface area (Å²) in [6, 6.07) is 9.03. The van der Waals surface area contributed by atoms with E-state index in [1.807, 2.05) is 18.2 Å². The molecule has 1 aromatic rings. The number of hydrogen-bond acceptors (Lipinski definition) is 2. The van der Waals surface area contributed by atoms with E-state index in [1.54, 1.807) is 12.1 Å². The molecule has 24 heavy (non-hydrogen) atoms. The third-order valence-electron chi connectivity index (χ3n) is 4.45. The van der Waals surface area contributed by atoms with E-state index in [2.05, 4.69) is 13.8 Å². The second kappa shape index (κ2) is 13.3. The molecule has 0 aliphatic heterocycles. The normalized spacial score (nSPS) is 14.0. The average Bonchev–Trinajstić information content (AvgIpc) is 2.51. The van der Waals surface area contributed by atoms with Crippen molar-refractivity contribution >= 4 is 39.7 Å². The SMILES string of the molecule is CCCCCCCCCC(C)CC(c1ccccc1)S(=O)(=O)O.[NaH]. The third kappa shape index (κ3) is 10.2. The first-order valence-corrected chi connectivity index (χ1v) is 10.5. The Bertz CT molecular complexity index is 517. The molecule has 5 heteroatoms. The molecule has 2 unspecified atom stereocenters. The van der Waals surface area contributed by atoms with Crippen LogP contribution in [0.2, 0.25) is 0 Å². The van der Waals surface area contributed by atoms with E-state index in [-0.39, 0.29) is 35.5 Å². The van der Waals surface area contributed by atoms with Crippen molar-refractivity contribution < 1.29 is 13.0 Å². The van der Waals surface area contributed by atoms with Gasteiger partial charge in [-0.25, -0.2) is 0 Å². The number of unbranched alkanes of at least 4 members (excludes halogenated alkanes) is 6. The molecule has 3 nitrogen and oxygen atoms in total. The Hall–Kier alpha value is 0.130. The van der Waals surface area contributed by atoms with Crippen LogP contribution in [0, 0.1) is 5.92 Å². The Labute approximate surface area is 170 Å². The zero-order valence-electron chi connectivity index (χ0n) is 14.6. The molecule has 1 rings (SSSR count). The van der Waals surface area contributed by atoms with Crippen molar-refractivity contribution in [1.29, 1.82) is 0 Å². The van der Waals surface area contributed by atoms with Crippen LogP contribution in [0.15, 0.2) is 30.3 Å². The molecule has 0 heterocycles. The number of rotatable bonds is 12. The van der Waals surface area contributed by atoms with E-state index in [0.717, 1.165) is 12.8 Å². The van der Waals surface area contributed by atoms with E-state index in [1.165, 1.54) is 38.5 Å². The van der Waals surface area contributed by atoms with Gasteiger partial charge in [-0.2, -0.15) is 8.42 Å². The van der Waals surface area contributed by atoms with Crippen LogP contribution in [0.4, 0.5) is 0 Å². The van der Waals surface area contributed by atoms with Crippen molar-refractivity contribution in [3.05, 3.63) is 35.9 Å². The molecular formula is C19H33NaO3S. The third-order valence-corrected chi connectivity index (χ3v) is 5.63. The molecule has 0 amide bonds. The Morgan fingerprint density at radius 2 is 1.50 bits per heavy atom. The minimum atomic E-state index is -4.06. The van der Waals surface area contributed by atoms with Crippen molar-refractivity contribution in [3.63, 3.8) is 0 Å². The zero-order valence-corrected chi connectivity index (χ0v) is 15.4. The fourth-order valence-corrected chi connectivity index (χ4v) is 4.10. The topological polar surface area (TPSA) is 54.4 Å². The monoisotopic (exact) mass is 364 g/mol. The van der Waals surface area contributed by atoms with Crippen molar-refractivity contribution in [2.75, 3.05) is 0 Å². The van der Waals surface area contributed by atoms with Crippen molar-refractivity contribution in [3.8, 4) is 0 Å². The van der Waals surface area contributed by atoms with E-state index >= 15 is 0 Å². The van der Waals surface area contributed by atoms with Gasteiger partial charge in [0.2, 0.25) is 0 Å². The Kier molecular flexibility index (Phi) is 13.4. The molecule has 0 aromatic heterocycles. The average molecular weight is 365 g/mol. The predicted molar refractivity (Wildman–Crippen MR) is 104 cm³/mol. The van der Waals surface area contributed by atoms with Crippen molar-refractivity contribution in [2.45, 2.75) is 76.9 Å². The van der Waals surface area contributed by atoms with Crippen molar-refractivity contribution in [1.82, 2.24) is 0 Å². The van der Waals surface area contributed by atoms with E-state index in [0.29, 0.717) is 12.0 Å². The summed E-state index contributed by atoms with van der Waals surface area (Å²) < 4.78 is 32.9. The number of hydrogen-bond donors (Lipinski definition) is 1. The van der Waals surface area contributed by atoms with Gasteiger partial charge in [-0.3, -0.25) is 4.55 Å². The molecule has 0 saturated heterocycles. The van der Waals surface area contributed by atoms with Crippen LogP contribution in [0.5, 0.6) is 0 Å². The quantitative estimate of drug-likeness (QED) is 0.318. The molecule has 0 saturated carbocycles. The maximum atomic E-state index is 11.7. The molecular weight excluding hydrogens is 331 g/mol. The van der Waals surface area contributed by atoms with E-state index in [4.69, 9.17) is 0 Å². The fraction of sp³-hybridized carbons (Fsp3) is 0.684. The molecule has 1 aromatic carbocycles. The molecule has 0 spiro atoms. The van der Waals surface area contributed by atoms with Crippen LogP contribution in [0.25, 0.3) is 0 Å². The molecule has 0 aliphatic carbocycles. The summed E-state index contributed by atoms with van der Waals surface area (Å²) in [6.45, 7) is 4.30. The van der Waals surface area contributed by atoms with E-state index in [9.17, 15) is 13.0 Å². The summed E-state index contributed by atoms with van der Waals surface area (Å²) in [4.78, 5) is 0. The molecule has 2 atom stereocenters. The second-order valence-electron chi connectivity index (χ2n) is 6.67. The van der Waals surface area contributed by atoms with Crippen LogP contribution < -0.4 is 0 Å². The van der Waals surface area contributed by atoms with Crippen LogP contribution >= 0.6 is 0 Å². The van der Waals surface area contributed by atoms with Crippen LogP contribution in [-0.4, -0.2) is 42.5 Å². The summed E-state index contributed by atoms with van der Waals surface area (Å²) >= 11 is 0. The second-order valence-corrected chi connectivity index (χ2v) is 8.26. The summed E-state index contributed by atoms with van der Waals surface area (Å²) in [6.07, 6.45) is 10.4. The first kappa shape index (κ1) is 24.1. The van der Waals surface area contributed by atoms with Gasteiger partial charge in [-0.05, 0) is 17.9 Å². The Balaban J connectivity index is 0.00000529. The molecule has 0 aliphatic rings. The Morgan fingerprint density at radius 3 is 2.04 bits per heavy atom. The van der Waals surface area contributed by atoms with Crippen LogP contribution in [0.1, 0.15) is 82.4 Å². The standard InChI is InChI=1S/C19H32O3S.Na.H/c1-3-4-5-6-7-8-10-13-17(2)16-19(23(20,21)22)18-14-11-9-12-15-18;;/h9,11-12,14-15,17,19H,3-8,10,13,16H2,1-2H3,(H,20,21,22);;.